The third kappa shape index (κ3) is 2.36. The average Bonchev–Trinajstić information content (AvgIpc) is 2.86. The summed E-state index contributed by atoms with van der Waals surface area (Å²) in [4.78, 5) is 12.2. The third-order valence-corrected chi connectivity index (χ3v) is 3.83. The number of nitrogens with zero attached hydrogens (tertiary/aromatic N) is 2. The van der Waals surface area contributed by atoms with Gasteiger partial charge < -0.3 is 10.1 Å². The molecule has 0 bridgehead atoms. The number of carbonyl (C=O) groups excluding carboxylic acids is 1. The maximum atomic E-state index is 12.2. The van der Waals surface area contributed by atoms with Gasteiger partial charge in [0.2, 0.25) is 0 Å². The van der Waals surface area contributed by atoms with Crippen LogP contribution in [0.4, 0.5) is 0 Å². The van der Waals surface area contributed by atoms with E-state index in [4.69, 9.17) is 16.3 Å². The minimum atomic E-state index is -0.519. The monoisotopic (exact) mass is 304 g/mol. The molecule has 1 saturated heterocycles. The molecule has 2 aliphatic heterocycles. The standard InChI is InChI=1S/C14H13ClN4O2/c1-21-14-10(7-16)13-17-11(6-12(20)19(13)18-14)8-2-4-9(15)5-3-8/h2-6,10,13-14,17-18H,1H3. The van der Waals surface area contributed by atoms with Gasteiger partial charge in [-0.15, -0.1) is 0 Å². The lowest BCUT2D eigenvalue weighted by Crippen LogP contribution is -2.52. The fourth-order valence-electron chi connectivity index (χ4n) is 2.51. The molecule has 3 unspecified atom stereocenters. The zero-order chi connectivity index (χ0) is 15.0. The van der Waals surface area contributed by atoms with E-state index >= 15 is 0 Å². The fraction of sp³-hybridized carbons (Fsp3) is 0.286. The van der Waals surface area contributed by atoms with E-state index in [1.165, 1.54) is 18.2 Å². The van der Waals surface area contributed by atoms with Gasteiger partial charge in [-0.05, 0) is 17.7 Å². The third-order valence-electron chi connectivity index (χ3n) is 3.58. The summed E-state index contributed by atoms with van der Waals surface area (Å²) in [7, 11) is 1.50. The smallest absolute Gasteiger partial charge is 0.264 e. The highest BCUT2D eigenvalue weighted by Gasteiger charge is 2.46. The molecule has 108 valence electrons. The summed E-state index contributed by atoms with van der Waals surface area (Å²) in [6.07, 6.45) is 0.497. The van der Waals surface area contributed by atoms with Crippen molar-refractivity contribution in [3.05, 3.63) is 40.9 Å². The predicted molar refractivity (Wildman–Crippen MR) is 76.2 cm³/mol. The van der Waals surface area contributed by atoms with Crippen molar-refractivity contribution in [1.29, 1.82) is 5.26 Å². The molecule has 0 aromatic heterocycles. The normalized spacial score (nSPS) is 27.7. The molecule has 1 fully saturated rings. The Morgan fingerprint density at radius 1 is 1.38 bits per heavy atom. The van der Waals surface area contributed by atoms with Gasteiger partial charge in [0.15, 0.2) is 0 Å². The number of hydrazine groups is 1. The Hall–Kier alpha value is -2.07. The van der Waals surface area contributed by atoms with E-state index in [0.29, 0.717) is 10.7 Å². The number of benzene rings is 1. The molecule has 1 aromatic carbocycles. The highest BCUT2D eigenvalue weighted by Crippen LogP contribution is 2.28. The van der Waals surface area contributed by atoms with E-state index in [1.807, 2.05) is 12.1 Å². The maximum Gasteiger partial charge on any atom is 0.264 e. The van der Waals surface area contributed by atoms with Gasteiger partial charge in [0.05, 0.1) is 6.07 Å². The van der Waals surface area contributed by atoms with Gasteiger partial charge in [0, 0.05) is 23.9 Å². The summed E-state index contributed by atoms with van der Waals surface area (Å²) >= 11 is 5.87. The summed E-state index contributed by atoms with van der Waals surface area (Å²) in [6, 6.07) is 9.32. The van der Waals surface area contributed by atoms with Crippen LogP contribution in [0, 0.1) is 17.2 Å². The zero-order valence-corrected chi connectivity index (χ0v) is 12.0. The molecule has 2 N–H and O–H groups in total. The van der Waals surface area contributed by atoms with E-state index in [1.54, 1.807) is 12.1 Å². The van der Waals surface area contributed by atoms with Gasteiger partial charge in [0.1, 0.15) is 18.3 Å². The molecule has 0 aliphatic carbocycles. The van der Waals surface area contributed by atoms with Crippen molar-refractivity contribution < 1.29 is 9.53 Å². The Bertz CT molecular complexity index is 637. The highest BCUT2D eigenvalue weighted by atomic mass is 35.5. The molecule has 0 spiro atoms. The zero-order valence-electron chi connectivity index (χ0n) is 11.2. The lowest BCUT2D eigenvalue weighted by Gasteiger charge is -2.31. The number of nitriles is 1. The minimum absolute atomic E-state index is 0.219. The number of halogens is 1. The first-order valence-corrected chi connectivity index (χ1v) is 6.78. The first-order chi connectivity index (χ1) is 10.1. The van der Waals surface area contributed by atoms with E-state index < -0.39 is 18.3 Å². The van der Waals surface area contributed by atoms with Gasteiger partial charge in [-0.1, -0.05) is 23.7 Å². The largest absolute Gasteiger partial charge is 0.363 e. The number of methoxy groups -OCH3 is 1. The fourth-order valence-corrected chi connectivity index (χ4v) is 2.63. The second kappa shape index (κ2) is 5.37. The number of hydrogen-bond acceptors (Lipinski definition) is 5. The second-order valence-electron chi connectivity index (χ2n) is 4.80. The van der Waals surface area contributed by atoms with Gasteiger partial charge in [-0.3, -0.25) is 4.79 Å². The van der Waals surface area contributed by atoms with Crippen LogP contribution < -0.4 is 10.7 Å². The molecule has 0 radical (unpaired) electrons. The number of carbonyl (C=O) groups is 1. The SMILES string of the molecule is COC1NN2C(=O)C=C(c3ccc(Cl)cc3)NC2C1C#N. The Morgan fingerprint density at radius 2 is 2.10 bits per heavy atom. The van der Waals surface area contributed by atoms with Crippen molar-refractivity contribution in [1.82, 2.24) is 15.8 Å². The van der Waals surface area contributed by atoms with E-state index in [0.717, 1.165) is 5.56 Å². The van der Waals surface area contributed by atoms with Gasteiger partial charge >= 0.3 is 0 Å². The summed E-state index contributed by atoms with van der Waals surface area (Å²) in [5, 5.41) is 14.5. The molecule has 2 aliphatic rings. The molecule has 6 nitrogen and oxygen atoms in total. The lowest BCUT2D eigenvalue weighted by atomic mass is 10.0. The van der Waals surface area contributed by atoms with Crippen LogP contribution in [0.5, 0.6) is 0 Å². The van der Waals surface area contributed by atoms with Crippen LogP contribution in [0.2, 0.25) is 5.02 Å². The summed E-state index contributed by atoms with van der Waals surface area (Å²) in [6.45, 7) is 0. The lowest BCUT2D eigenvalue weighted by molar-refractivity contribution is -0.132. The van der Waals surface area contributed by atoms with Crippen molar-refractivity contribution in [2.45, 2.75) is 12.4 Å². The molecular formula is C14H13ClN4O2. The molecule has 7 heteroatoms. The highest BCUT2D eigenvalue weighted by molar-refractivity contribution is 6.30. The van der Waals surface area contributed by atoms with Gasteiger partial charge in [0.25, 0.3) is 5.91 Å². The van der Waals surface area contributed by atoms with E-state index in [-0.39, 0.29) is 5.91 Å². The molecule has 2 heterocycles. The van der Waals surface area contributed by atoms with Crippen molar-refractivity contribution >= 4 is 23.2 Å². The summed E-state index contributed by atoms with van der Waals surface area (Å²) in [5.41, 5.74) is 4.39. The van der Waals surface area contributed by atoms with Gasteiger partial charge in [-0.2, -0.15) is 10.7 Å². The number of amides is 1. The van der Waals surface area contributed by atoms with Crippen molar-refractivity contribution in [2.24, 2.45) is 5.92 Å². The maximum absolute atomic E-state index is 12.2. The quantitative estimate of drug-likeness (QED) is 0.854. The van der Waals surface area contributed by atoms with Crippen molar-refractivity contribution in [3.63, 3.8) is 0 Å². The van der Waals surface area contributed by atoms with Crippen LogP contribution in [0.25, 0.3) is 5.70 Å². The van der Waals surface area contributed by atoms with Crippen molar-refractivity contribution in [2.75, 3.05) is 7.11 Å². The molecule has 21 heavy (non-hydrogen) atoms. The summed E-state index contributed by atoms with van der Waals surface area (Å²) in [5.74, 6) is -0.724. The van der Waals surface area contributed by atoms with Crippen LogP contribution >= 0.6 is 11.6 Å². The van der Waals surface area contributed by atoms with Gasteiger partial charge in [-0.25, -0.2) is 5.01 Å². The number of rotatable bonds is 2. The van der Waals surface area contributed by atoms with Crippen molar-refractivity contribution in [3.8, 4) is 6.07 Å². The Kier molecular flexibility index (Phi) is 3.55. The Labute approximate surface area is 126 Å². The van der Waals surface area contributed by atoms with Crippen LogP contribution in [-0.2, 0) is 9.53 Å². The van der Waals surface area contributed by atoms with E-state index in [2.05, 4.69) is 16.8 Å². The number of ether oxygens (including phenoxy) is 1. The van der Waals surface area contributed by atoms with Crippen LogP contribution in [0.1, 0.15) is 5.56 Å². The topological polar surface area (TPSA) is 77.4 Å². The minimum Gasteiger partial charge on any atom is -0.363 e. The number of fused-ring (bicyclic) bond motifs is 1. The Morgan fingerprint density at radius 3 is 2.71 bits per heavy atom. The first kappa shape index (κ1) is 13.9. The Balaban J connectivity index is 1.91. The summed E-state index contributed by atoms with van der Waals surface area (Å²) < 4.78 is 5.20. The molecule has 3 atom stereocenters. The van der Waals surface area contributed by atoms with Crippen LogP contribution in [-0.4, -0.2) is 30.4 Å². The number of nitrogens with one attached hydrogen (secondary N) is 2. The first-order valence-electron chi connectivity index (χ1n) is 6.40. The predicted octanol–water partition coefficient (Wildman–Crippen LogP) is 1.07. The van der Waals surface area contributed by atoms with Crippen LogP contribution in [0.15, 0.2) is 30.3 Å². The molecule has 1 amide bonds. The molecule has 3 rings (SSSR count). The molecule has 0 saturated carbocycles. The number of hydrogen-bond donors (Lipinski definition) is 2. The molecular weight excluding hydrogens is 292 g/mol. The molecule has 1 aromatic rings. The second-order valence-corrected chi connectivity index (χ2v) is 5.24. The van der Waals surface area contributed by atoms with E-state index in [9.17, 15) is 10.1 Å². The van der Waals surface area contributed by atoms with Crippen LogP contribution in [0.3, 0.4) is 0 Å². The average molecular weight is 305 g/mol.